The average molecular weight is 327 g/mol. The second-order valence-corrected chi connectivity index (χ2v) is 5.20. The zero-order valence-corrected chi connectivity index (χ0v) is 13.8. The topological polar surface area (TPSA) is 79.5 Å². The summed E-state index contributed by atoms with van der Waals surface area (Å²) < 4.78 is 5.25. The van der Waals surface area contributed by atoms with Crippen molar-refractivity contribution in [3.05, 3.63) is 54.1 Å². The van der Waals surface area contributed by atoms with Crippen LogP contribution in [-0.2, 0) is 16.1 Å². The van der Waals surface area contributed by atoms with E-state index >= 15 is 0 Å². The van der Waals surface area contributed by atoms with Crippen LogP contribution in [0, 0.1) is 0 Å². The molecule has 2 aromatic rings. The molecule has 0 saturated carbocycles. The molecule has 0 unspecified atom stereocenters. The van der Waals surface area contributed by atoms with Crippen LogP contribution in [-0.4, -0.2) is 25.5 Å². The van der Waals surface area contributed by atoms with Crippen molar-refractivity contribution >= 4 is 23.2 Å². The maximum Gasteiger partial charge on any atom is 0.239 e. The molecule has 6 heteroatoms. The predicted octanol–water partition coefficient (Wildman–Crippen LogP) is 2.38. The van der Waals surface area contributed by atoms with Crippen molar-refractivity contribution in [2.45, 2.75) is 13.5 Å². The van der Waals surface area contributed by atoms with Gasteiger partial charge in [0.2, 0.25) is 11.8 Å². The number of benzene rings is 2. The monoisotopic (exact) mass is 327 g/mol. The second kappa shape index (κ2) is 8.57. The number of hydrogen-bond donors (Lipinski definition) is 3. The molecule has 2 rings (SSSR count). The van der Waals surface area contributed by atoms with E-state index in [0.29, 0.717) is 12.2 Å². The van der Waals surface area contributed by atoms with Crippen LogP contribution in [0.1, 0.15) is 12.5 Å². The second-order valence-electron chi connectivity index (χ2n) is 5.20. The standard InChI is InChI=1S/C18H21N3O3/c1-13(22)21-16-9-7-15(8-10-16)19-12-18(23)20-11-14-5-3-4-6-17(14)24-2/h3-10,19H,11-12H2,1-2H3,(H,20,23)(H,21,22). The summed E-state index contributed by atoms with van der Waals surface area (Å²) in [6, 6.07) is 14.7. The molecule has 0 aliphatic carbocycles. The summed E-state index contributed by atoms with van der Waals surface area (Å²) >= 11 is 0. The highest BCUT2D eigenvalue weighted by molar-refractivity contribution is 5.88. The Labute approximate surface area is 141 Å². The van der Waals surface area contributed by atoms with Gasteiger partial charge in [-0.15, -0.1) is 0 Å². The van der Waals surface area contributed by atoms with Crippen LogP contribution < -0.4 is 20.7 Å². The molecule has 0 heterocycles. The smallest absolute Gasteiger partial charge is 0.239 e. The highest BCUT2D eigenvalue weighted by Crippen LogP contribution is 2.16. The molecule has 126 valence electrons. The third-order valence-corrected chi connectivity index (χ3v) is 3.33. The van der Waals surface area contributed by atoms with Gasteiger partial charge in [0.25, 0.3) is 0 Å². The maximum atomic E-state index is 11.9. The molecule has 0 bridgehead atoms. The van der Waals surface area contributed by atoms with Gasteiger partial charge in [-0.1, -0.05) is 18.2 Å². The lowest BCUT2D eigenvalue weighted by Gasteiger charge is -2.11. The number of anilines is 2. The lowest BCUT2D eigenvalue weighted by Crippen LogP contribution is -2.29. The minimum Gasteiger partial charge on any atom is -0.496 e. The van der Waals surface area contributed by atoms with Crippen LogP contribution in [0.15, 0.2) is 48.5 Å². The number of para-hydroxylation sites is 1. The van der Waals surface area contributed by atoms with E-state index in [2.05, 4.69) is 16.0 Å². The summed E-state index contributed by atoms with van der Waals surface area (Å²) in [5.41, 5.74) is 2.44. The molecule has 2 amide bonds. The molecule has 0 spiro atoms. The van der Waals surface area contributed by atoms with Gasteiger partial charge in [-0.2, -0.15) is 0 Å². The number of carbonyl (C=O) groups excluding carboxylic acids is 2. The summed E-state index contributed by atoms with van der Waals surface area (Å²) in [5, 5.41) is 8.57. The van der Waals surface area contributed by atoms with Crippen LogP contribution in [0.25, 0.3) is 0 Å². The van der Waals surface area contributed by atoms with E-state index in [9.17, 15) is 9.59 Å². The van der Waals surface area contributed by atoms with E-state index < -0.39 is 0 Å². The van der Waals surface area contributed by atoms with Crippen molar-refractivity contribution in [2.75, 3.05) is 24.3 Å². The lowest BCUT2D eigenvalue weighted by molar-refractivity contribution is -0.119. The van der Waals surface area contributed by atoms with Crippen LogP contribution in [0.2, 0.25) is 0 Å². The molecule has 0 radical (unpaired) electrons. The van der Waals surface area contributed by atoms with E-state index in [-0.39, 0.29) is 18.4 Å². The summed E-state index contributed by atoms with van der Waals surface area (Å²) in [7, 11) is 1.60. The number of nitrogens with one attached hydrogen (secondary N) is 3. The molecule has 0 aromatic heterocycles. The minimum atomic E-state index is -0.119. The molecular formula is C18H21N3O3. The van der Waals surface area contributed by atoms with Gasteiger partial charge in [-0.25, -0.2) is 0 Å². The van der Waals surface area contributed by atoms with Gasteiger partial charge < -0.3 is 20.7 Å². The normalized spacial score (nSPS) is 9.92. The highest BCUT2D eigenvalue weighted by Gasteiger charge is 2.05. The van der Waals surface area contributed by atoms with E-state index in [4.69, 9.17) is 4.74 Å². The Balaban J connectivity index is 1.79. The zero-order valence-electron chi connectivity index (χ0n) is 13.8. The molecule has 2 aromatic carbocycles. The highest BCUT2D eigenvalue weighted by atomic mass is 16.5. The predicted molar refractivity (Wildman–Crippen MR) is 94.1 cm³/mol. The SMILES string of the molecule is COc1ccccc1CNC(=O)CNc1ccc(NC(C)=O)cc1. The quantitative estimate of drug-likeness (QED) is 0.729. The van der Waals surface area contributed by atoms with Crippen molar-refractivity contribution in [1.29, 1.82) is 0 Å². The number of amides is 2. The van der Waals surface area contributed by atoms with Gasteiger partial charge in [0.15, 0.2) is 0 Å². The number of methoxy groups -OCH3 is 1. The van der Waals surface area contributed by atoms with Crippen molar-refractivity contribution < 1.29 is 14.3 Å². The van der Waals surface area contributed by atoms with Gasteiger partial charge in [0.05, 0.1) is 13.7 Å². The zero-order chi connectivity index (χ0) is 17.4. The van der Waals surface area contributed by atoms with Gasteiger partial charge in [0.1, 0.15) is 5.75 Å². The van der Waals surface area contributed by atoms with Crippen molar-refractivity contribution in [3.63, 3.8) is 0 Å². The number of rotatable bonds is 7. The van der Waals surface area contributed by atoms with Crippen LogP contribution in [0.4, 0.5) is 11.4 Å². The first-order valence-electron chi connectivity index (χ1n) is 7.58. The van der Waals surface area contributed by atoms with Gasteiger partial charge >= 0.3 is 0 Å². The van der Waals surface area contributed by atoms with Gasteiger partial charge in [-0.05, 0) is 30.3 Å². The average Bonchev–Trinajstić information content (AvgIpc) is 2.59. The third kappa shape index (κ3) is 5.31. The Morgan fingerprint density at radius 1 is 1.00 bits per heavy atom. The number of carbonyl (C=O) groups is 2. The van der Waals surface area contributed by atoms with Crippen molar-refractivity contribution in [2.24, 2.45) is 0 Å². The molecule has 0 atom stereocenters. The van der Waals surface area contributed by atoms with E-state index in [1.54, 1.807) is 31.4 Å². The van der Waals surface area contributed by atoms with Gasteiger partial charge in [-0.3, -0.25) is 9.59 Å². The molecule has 0 aliphatic rings. The third-order valence-electron chi connectivity index (χ3n) is 3.33. The molecular weight excluding hydrogens is 306 g/mol. The van der Waals surface area contributed by atoms with Crippen LogP contribution in [0.3, 0.4) is 0 Å². The maximum absolute atomic E-state index is 11.9. The Morgan fingerprint density at radius 3 is 2.33 bits per heavy atom. The molecule has 0 aliphatic heterocycles. The minimum absolute atomic E-state index is 0.119. The Hall–Kier alpha value is -3.02. The van der Waals surface area contributed by atoms with Crippen molar-refractivity contribution in [3.8, 4) is 5.75 Å². The fraction of sp³-hybridized carbons (Fsp3) is 0.222. The summed E-state index contributed by atoms with van der Waals surface area (Å²) in [6.45, 7) is 2.03. The Morgan fingerprint density at radius 2 is 1.67 bits per heavy atom. The van der Waals surface area contributed by atoms with Gasteiger partial charge in [0, 0.05) is 30.4 Å². The first-order chi connectivity index (χ1) is 11.6. The first-order valence-corrected chi connectivity index (χ1v) is 7.58. The largest absolute Gasteiger partial charge is 0.496 e. The fourth-order valence-electron chi connectivity index (χ4n) is 2.16. The molecule has 3 N–H and O–H groups in total. The summed E-state index contributed by atoms with van der Waals surface area (Å²) in [6.07, 6.45) is 0. The van der Waals surface area contributed by atoms with E-state index in [0.717, 1.165) is 17.0 Å². The first kappa shape index (κ1) is 17.3. The molecule has 0 fully saturated rings. The van der Waals surface area contributed by atoms with Crippen LogP contribution >= 0.6 is 0 Å². The van der Waals surface area contributed by atoms with E-state index in [1.807, 2.05) is 24.3 Å². The summed E-state index contributed by atoms with van der Waals surface area (Å²) in [5.74, 6) is 0.512. The van der Waals surface area contributed by atoms with E-state index in [1.165, 1.54) is 6.92 Å². The molecule has 6 nitrogen and oxygen atoms in total. The Kier molecular flexibility index (Phi) is 6.19. The fourth-order valence-corrected chi connectivity index (χ4v) is 2.16. The summed E-state index contributed by atoms with van der Waals surface area (Å²) in [4.78, 5) is 22.9. The van der Waals surface area contributed by atoms with Crippen molar-refractivity contribution in [1.82, 2.24) is 5.32 Å². The molecule has 24 heavy (non-hydrogen) atoms. The Bertz CT molecular complexity index is 699. The number of ether oxygens (including phenoxy) is 1. The molecule has 0 saturated heterocycles. The number of hydrogen-bond acceptors (Lipinski definition) is 4. The van der Waals surface area contributed by atoms with Crippen LogP contribution in [0.5, 0.6) is 5.75 Å². The lowest BCUT2D eigenvalue weighted by atomic mass is 10.2.